The summed E-state index contributed by atoms with van der Waals surface area (Å²) in [6, 6.07) is 18.3. The molecule has 1 heterocycles. The monoisotopic (exact) mass is 367 g/mol. The van der Waals surface area contributed by atoms with Gasteiger partial charge < -0.3 is 0 Å². The van der Waals surface area contributed by atoms with E-state index in [9.17, 15) is 0 Å². The molecule has 2 aromatic rings. The molecule has 0 saturated carbocycles. The van der Waals surface area contributed by atoms with Crippen LogP contribution in [0.1, 0.15) is 71.1 Å². The molecule has 0 nitrogen and oxygen atoms in total. The van der Waals surface area contributed by atoms with E-state index >= 15 is 0 Å². The summed E-state index contributed by atoms with van der Waals surface area (Å²) in [5.41, 5.74) is 3.01. The first-order valence-corrected chi connectivity index (χ1v) is 13.2. The van der Waals surface area contributed by atoms with Gasteiger partial charge in [0.25, 0.3) is 0 Å². The molecule has 1 heteroatoms. The third-order valence-corrected chi connectivity index (χ3v) is 10.2. The highest BCUT2D eigenvalue weighted by atomic mass is 31.2. The Morgan fingerprint density at radius 3 is 1.50 bits per heavy atom. The topological polar surface area (TPSA) is 0 Å². The Morgan fingerprint density at radius 2 is 1.00 bits per heavy atom. The zero-order valence-corrected chi connectivity index (χ0v) is 17.7. The second kappa shape index (κ2) is 9.70. The first-order chi connectivity index (χ1) is 12.8. The van der Waals surface area contributed by atoms with Gasteiger partial charge in [-0.25, -0.2) is 0 Å². The Hall–Kier alpha value is -1.13. The standard InChI is InChI=1S/C25H36P/c1-3-4-5-6-7-8-9-10-11-16-21-26(2)24-19-14-12-17-22(24)23-18-13-15-20-25(23)26/h12-15,17-20H,3-11,16,21H2,1-2H3/q+1. The van der Waals surface area contributed by atoms with E-state index in [2.05, 4.69) is 62.1 Å². The predicted molar refractivity (Wildman–Crippen MR) is 121 cm³/mol. The summed E-state index contributed by atoms with van der Waals surface area (Å²) < 4.78 is 0. The van der Waals surface area contributed by atoms with Gasteiger partial charge in [-0.3, -0.25) is 0 Å². The van der Waals surface area contributed by atoms with Crippen molar-refractivity contribution in [1.29, 1.82) is 0 Å². The minimum absolute atomic E-state index is 1.17. The van der Waals surface area contributed by atoms with E-state index in [4.69, 9.17) is 0 Å². The minimum Gasteiger partial charge on any atom is -0.0654 e. The lowest BCUT2D eigenvalue weighted by Crippen LogP contribution is -2.19. The van der Waals surface area contributed by atoms with Crippen LogP contribution in [0.15, 0.2) is 48.5 Å². The summed E-state index contributed by atoms with van der Waals surface area (Å²) in [5.74, 6) is 0. The Morgan fingerprint density at radius 1 is 0.577 bits per heavy atom. The van der Waals surface area contributed by atoms with Gasteiger partial charge in [-0.15, -0.1) is 0 Å². The lowest BCUT2D eigenvalue weighted by atomic mass is 10.1. The maximum atomic E-state index is 2.57. The Kier molecular flexibility index (Phi) is 7.32. The number of hydrogen-bond donors (Lipinski definition) is 0. The lowest BCUT2D eigenvalue weighted by molar-refractivity contribution is 0.563. The number of unbranched alkanes of at least 4 members (excludes halogenated alkanes) is 9. The van der Waals surface area contributed by atoms with Crippen molar-refractivity contribution in [2.45, 2.75) is 71.1 Å². The van der Waals surface area contributed by atoms with E-state index in [1.807, 2.05) is 0 Å². The largest absolute Gasteiger partial charge is 0.107 e. The van der Waals surface area contributed by atoms with Crippen LogP contribution in [0.5, 0.6) is 0 Å². The van der Waals surface area contributed by atoms with Gasteiger partial charge in [0.1, 0.15) is 10.6 Å². The second-order valence-electron chi connectivity index (χ2n) is 8.13. The maximum Gasteiger partial charge on any atom is 0.107 e. The normalized spacial score (nSPS) is 14.2. The highest BCUT2D eigenvalue weighted by molar-refractivity contribution is 7.90. The smallest absolute Gasteiger partial charge is 0.0654 e. The SMILES string of the molecule is CCCCCCCCCCCC[P+]1(C)c2ccccc2-c2ccccc21. The highest BCUT2D eigenvalue weighted by Crippen LogP contribution is 2.60. The molecule has 0 fully saturated rings. The van der Waals surface area contributed by atoms with Crippen LogP contribution in [0, 0.1) is 0 Å². The van der Waals surface area contributed by atoms with E-state index in [0.717, 1.165) is 0 Å². The van der Waals surface area contributed by atoms with Gasteiger partial charge in [0.2, 0.25) is 0 Å². The van der Waals surface area contributed by atoms with Crippen molar-refractivity contribution in [2.24, 2.45) is 0 Å². The third-order valence-electron chi connectivity index (χ3n) is 6.12. The quantitative estimate of drug-likeness (QED) is 0.291. The van der Waals surface area contributed by atoms with Gasteiger partial charge in [0, 0.05) is 11.1 Å². The molecule has 0 radical (unpaired) electrons. The van der Waals surface area contributed by atoms with Crippen LogP contribution in [0.3, 0.4) is 0 Å². The molecule has 140 valence electrons. The third kappa shape index (κ3) is 4.40. The Bertz CT molecular complexity index is 643. The molecule has 0 N–H and O–H groups in total. The van der Waals surface area contributed by atoms with Crippen molar-refractivity contribution < 1.29 is 0 Å². The van der Waals surface area contributed by atoms with E-state index in [1.165, 1.54) is 81.5 Å². The molecule has 0 amide bonds. The van der Waals surface area contributed by atoms with E-state index < -0.39 is 7.26 Å². The van der Waals surface area contributed by atoms with Crippen LogP contribution in [-0.4, -0.2) is 12.8 Å². The molecule has 0 aromatic heterocycles. The van der Waals surface area contributed by atoms with Crippen LogP contribution in [0.25, 0.3) is 11.1 Å². The second-order valence-corrected chi connectivity index (χ2v) is 11.9. The molecule has 0 spiro atoms. The lowest BCUT2D eigenvalue weighted by Gasteiger charge is -2.19. The molecular formula is C25H36P+. The van der Waals surface area contributed by atoms with Crippen molar-refractivity contribution >= 4 is 17.9 Å². The molecule has 1 aliphatic heterocycles. The summed E-state index contributed by atoms with van der Waals surface area (Å²) in [5, 5.41) is 3.30. The molecular weight excluding hydrogens is 331 g/mol. The Balaban J connectivity index is 1.48. The fourth-order valence-electron chi connectivity index (χ4n) is 4.55. The zero-order chi connectivity index (χ0) is 18.2. The van der Waals surface area contributed by atoms with Gasteiger partial charge in [0.15, 0.2) is 0 Å². The van der Waals surface area contributed by atoms with E-state index in [1.54, 1.807) is 10.6 Å². The van der Waals surface area contributed by atoms with Crippen molar-refractivity contribution in [3.8, 4) is 11.1 Å². The summed E-state index contributed by atoms with van der Waals surface area (Å²) >= 11 is 0. The van der Waals surface area contributed by atoms with Gasteiger partial charge >= 0.3 is 0 Å². The highest BCUT2D eigenvalue weighted by Gasteiger charge is 2.46. The minimum atomic E-state index is -1.17. The molecule has 0 atom stereocenters. The van der Waals surface area contributed by atoms with Crippen LogP contribution >= 0.6 is 7.26 Å². The van der Waals surface area contributed by atoms with Gasteiger partial charge in [0.05, 0.1) is 20.1 Å². The summed E-state index contributed by atoms with van der Waals surface area (Å²) in [7, 11) is -1.17. The molecule has 0 saturated heterocycles. The molecule has 1 aliphatic rings. The molecule has 26 heavy (non-hydrogen) atoms. The molecule has 0 aliphatic carbocycles. The van der Waals surface area contributed by atoms with Crippen LogP contribution in [0.4, 0.5) is 0 Å². The fourth-order valence-corrected chi connectivity index (χ4v) is 8.43. The summed E-state index contributed by atoms with van der Waals surface area (Å²) in [6.07, 6.45) is 15.6. The maximum absolute atomic E-state index is 2.57. The predicted octanol–water partition coefficient (Wildman–Crippen LogP) is 7.19. The first kappa shape index (κ1) is 19.6. The molecule has 0 bridgehead atoms. The molecule has 3 rings (SSSR count). The van der Waals surface area contributed by atoms with E-state index in [0.29, 0.717) is 0 Å². The summed E-state index contributed by atoms with van der Waals surface area (Å²) in [4.78, 5) is 0. The van der Waals surface area contributed by atoms with Crippen molar-refractivity contribution in [3.05, 3.63) is 48.5 Å². The van der Waals surface area contributed by atoms with Crippen LogP contribution in [0.2, 0.25) is 0 Å². The molecule has 0 unspecified atom stereocenters. The van der Waals surface area contributed by atoms with Crippen LogP contribution < -0.4 is 10.6 Å². The van der Waals surface area contributed by atoms with Crippen molar-refractivity contribution in [2.75, 3.05) is 12.8 Å². The fraction of sp³-hybridized carbons (Fsp3) is 0.520. The average Bonchev–Trinajstić information content (AvgIpc) is 2.93. The zero-order valence-electron chi connectivity index (χ0n) is 16.8. The van der Waals surface area contributed by atoms with Crippen molar-refractivity contribution in [1.82, 2.24) is 0 Å². The number of rotatable bonds is 11. The Labute approximate surface area is 161 Å². The van der Waals surface area contributed by atoms with Crippen LogP contribution in [-0.2, 0) is 0 Å². The number of benzene rings is 2. The molecule has 2 aromatic carbocycles. The van der Waals surface area contributed by atoms with E-state index in [-0.39, 0.29) is 0 Å². The summed E-state index contributed by atoms with van der Waals surface area (Å²) in [6.45, 7) is 4.87. The van der Waals surface area contributed by atoms with Gasteiger partial charge in [-0.2, -0.15) is 0 Å². The number of hydrogen-bond acceptors (Lipinski definition) is 0. The van der Waals surface area contributed by atoms with Gasteiger partial charge in [-0.05, 0) is 25.0 Å². The van der Waals surface area contributed by atoms with Gasteiger partial charge in [-0.1, -0.05) is 94.7 Å². The average molecular weight is 368 g/mol. The first-order valence-electron chi connectivity index (χ1n) is 10.8. The number of fused-ring (bicyclic) bond motifs is 3. The van der Waals surface area contributed by atoms with Crippen molar-refractivity contribution in [3.63, 3.8) is 0 Å².